The Morgan fingerprint density at radius 2 is 2.06 bits per heavy atom. The Balaban J connectivity index is 2.20. The van der Waals surface area contributed by atoms with E-state index in [0.29, 0.717) is 5.88 Å². The Morgan fingerprint density at radius 1 is 1.22 bits per heavy atom. The standard InChI is InChI=1S/C13H12Br2N2O/c1-2-16-12-4-3-5-13(17-12)18-11-7-6-9(14)8-10(11)15/h3-8H,2H2,1H3,(H,16,17). The van der Waals surface area contributed by atoms with Gasteiger partial charge in [0.05, 0.1) is 4.47 Å². The third-order valence-corrected chi connectivity index (χ3v) is 3.30. The molecule has 5 heteroatoms. The van der Waals surface area contributed by atoms with E-state index < -0.39 is 0 Å². The molecule has 2 aromatic rings. The van der Waals surface area contributed by atoms with E-state index >= 15 is 0 Å². The van der Waals surface area contributed by atoms with Gasteiger partial charge in [0.1, 0.15) is 11.6 Å². The molecule has 0 saturated heterocycles. The summed E-state index contributed by atoms with van der Waals surface area (Å²) >= 11 is 6.86. The molecule has 0 spiro atoms. The average Bonchev–Trinajstić information content (AvgIpc) is 2.34. The van der Waals surface area contributed by atoms with Gasteiger partial charge >= 0.3 is 0 Å². The van der Waals surface area contributed by atoms with Crippen molar-refractivity contribution in [2.75, 3.05) is 11.9 Å². The maximum Gasteiger partial charge on any atom is 0.221 e. The molecule has 0 bridgehead atoms. The van der Waals surface area contributed by atoms with Gasteiger partial charge in [0.15, 0.2) is 0 Å². The van der Waals surface area contributed by atoms with Crippen LogP contribution in [-0.2, 0) is 0 Å². The second-order valence-electron chi connectivity index (χ2n) is 3.57. The van der Waals surface area contributed by atoms with Crippen LogP contribution < -0.4 is 10.1 Å². The lowest BCUT2D eigenvalue weighted by atomic mass is 10.3. The summed E-state index contributed by atoms with van der Waals surface area (Å²) in [6.45, 7) is 2.86. The monoisotopic (exact) mass is 370 g/mol. The molecule has 0 aliphatic carbocycles. The highest BCUT2D eigenvalue weighted by molar-refractivity contribution is 9.11. The van der Waals surface area contributed by atoms with E-state index in [1.54, 1.807) is 0 Å². The summed E-state index contributed by atoms with van der Waals surface area (Å²) in [5, 5.41) is 3.15. The fourth-order valence-corrected chi connectivity index (χ4v) is 2.55. The lowest BCUT2D eigenvalue weighted by molar-refractivity contribution is 0.460. The van der Waals surface area contributed by atoms with Crippen molar-refractivity contribution >= 4 is 37.7 Å². The number of halogens is 2. The number of ether oxygens (including phenoxy) is 1. The van der Waals surface area contributed by atoms with Gasteiger partial charge in [-0.25, -0.2) is 0 Å². The number of pyridine rings is 1. The third-order valence-electron chi connectivity index (χ3n) is 2.19. The second-order valence-corrected chi connectivity index (χ2v) is 5.34. The van der Waals surface area contributed by atoms with Crippen molar-refractivity contribution in [3.8, 4) is 11.6 Å². The van der Waals surface area contributed by atoms with E-state index in [4.69, 9.17) is 4.74 Å². The summed E-state index contributed by atoms with van der Waals surface area (Å²) in [5.74, 6) is 2.11. The van der Waals surface area contributed by atoms with Crippen LogP contribution in [0.15, 0.2) is 45.3 Å². The maximum absolute atomic E-state index is 5.73. The number of nitrogens with zero attached hydrogens (tertiary/aromatic N) is 1. The van der Waals surface area contributed by atoms with Crippen LogP contribution in [0, 0.1) is 0 Å². The van der Waals surface area contributed by atoms with E-state index in [9.17, 15) is 0 Å². The molecule has 0 unspecified atom stereocenters. The molecule has 1 heterocycles. The summed E-state index contributed by atoms with van der Waals surface area (Å²) in [5.41, 5.74) is 0. The van der Waals surface area contributed by atoms with Gasteiger partial charge in [-0.15, -0.1) is 0 Å². The zero-order valence-corrected chi connectivity index (χ0v) is 13.0. The van der Waals surface area contributed by atoms with Gasteiger partial charge in [-0.1, -0.05) is 22.0 Å². The SMILES string of the molecule is CCNc1cccc(Oc2ccc(Br)cc2Br)n1. The number of aromatic nitrogens is 1. The lowest BCUT2D eigenvalue weighted by Gasteiger charge is -2.08. The van der Waals surface area contributed by atoms with Crippen LogP contribution in [0.4, 0.5) is 5.82 Å². The Hall–Kier alpha value is -1.07. The van der Waals surface area contributed by atoms with Crippen molar-refractivity contribution in [3.05, 3.63) is 45.3 Å². The van der Waals surface area contributed by atoms with E-state index in [0.717, 1.165) is 27.1 Å². The molecule has 0 saturated carbocycles. The minimum Gasteiger partial charge on any atom is -0.438 e. The molecule has 0 aliphatic rings. The van der Waals surface area contributed by atoms with Gasteiger partial charge in [0.25, 0.3) is 0 Å². The van der Waals surface area contributed by atoms with Crippen molar-refractivity contribution in [1.82, 2.24) is 4.98 Å². The zero-order valence-electron chi connectivity index (χ0n) is 9.78. The van der Waals surface area contributed by atoms with Crippen LogP contribution >= 0.6 is 31.9 Å². The molecule has 1 N–H and O–H groups in total. The smallest absolute Gasteiger partial charge is 0.221 e. The fourth-order valence-electron chi connectivity index (χ4n) is 1.42. The summed E-state index contributed by atoms with van der Waals surface area (Å²) in [7, 11) is 0. The predicted molar refractivity (Wildman–Crippen MR) is 80.3 cm³/mol. The molecule has 1 aromatic heterocycles. The second kappa shape index (κ2) is 6.20. The third kappa shape index (κ3) is 3.46. The molecule has 0 fully saturated rings. The summed E-state index contributed by atoms with van der Waals surface area (Å²) in [6.07, 6.45) is 0. The van der Waals surface area contributed by atoms with Crippen LogP contribution in [0.2, 0.25) is 0 Å². The van der Waals surface area contributed by atoms with E-state index in [1.165, 1.54) is 0 Å². The van der Waals surface area contributed by atoms with Crippen molar-refractivity contribution in [2.45, 2.75) is 6.92 Å². The predicted octanol–water partition coefficient (Wildman–Crippen LogP) is 4.83. The number of hydrogen-bond acceptors (Lipinski definition) is 3. The quantitative estimate of drug-likeness (QED) is 0.835. The number of nitrogens with one attached hydrogen (secondary N) is 1. The Bertz CT molecular complexity index is 546. The average molecular weight is 372 g/mol. The molecule has 0 atom stereocenters. The highest BCUT2D eigenvalue weighted by Crippen LogP contribution is 2.31. The molecule has 3 nitrogen and oxygen atoms in total. The Kier molecular flexibility index (Phi) is 4.60. The van der Waals surface area contributed by atoms with Crippen molar-refractivity contribution in [1.29, 1.82) is 0 Å². The van der Waals surface area contributed by atoms with Gasteiger partial charge in [-0.2, -0.15) is 4.98 Å². The molecular formula is C13H12Br2N2O. The van der Waals surface area contributed by atoms with Crippen LogP contribution in [0.5, 0.6) is 11.6 Å². The maximum atomic E-state index is 5.73. The van der Waals surface area contributed by atoms with Gasteiger partial charge in [0, 0.05) is 17.1 Å². The lowest BCUT2D eigenvalue weighted by Crippen LogP contribution is -1.99. The molecular weight excluding hydrogens is 360 g/mol. The van der Waals surface area contributed by atoms with E-state index in [1.807, 2.05) is 43.3 Å². The number of anilines is 1. The normalized spacial score (nSPS) is 10.2. The number of hydrogen-bond donors (Lipinski definition) is 1. The topological polar surface area (TPSA) is 34.1 Å². The highest BCUT2D eigenvalue weighted by Gasteiger charge is 2.04. The van der Waals surface area contributed by atoms with Crippen LogP contribution in [0.3, 0.4) is 0 Å². The van der Waals surface area contributed by atoms with Crippen LogP contribution in [0.25, 0.3) is 0 Å². The van der Waals surface area contributed by atoms with Gasteiger partial charge in [0.2, 0.25) is 5.88 Å². The Labute approximate surface area is 123 Å². The first kappa shape index (κ1) is 13.4. The molecule has 0 amide bonds. The van der Waals surface area contributed by atoms with Crippen LogP contribution in [0.1, 0.15) is 6.92 Å². The van der Waals surface area contributed by atoms with Gasteiger partial charge in [-0.3, -0.25) is 0 Å². The van der Waals surface area contributed by atoms with E-state index in [2.05, 4.69) is 42.2 Å². The molecule has 0 aliphatic heterocycles. The molecule has 18 heavy (non-hydrogen) atoms. The largest absolute Gasteiger partial charge is 0.438 e. The number of benzene rings is 1. The fraction of sp³-hybridized carbons (Fsp3) is 0.154. The number of rotatable bonds is 4. The molecule has 1 aromatic carbocycles. The summed E-state index contributed by atoms with van der Waals surface area (Å²) in [6, 6.07) is 11.4. The Morgan fingerprint density at radius 3 is 2.78 bits per heavy atom. The molecule has 2 rings (SSSR count). The van der Waals surface area contributed by atoms with E-state index in [-0.39, 0.29) is 0 Å². The first-order valence-electron chi connectivity index (χ1n) is 5.53. The minimum atomic E-state index is 0.566. The van der Waals surface area contributed by atoms with Gasteiger partial charge < -0.3 is 10.1 Å². The molecule has 94 valence electrons. The highest BCUT2D eigenvalue weighted by atomic mass is 79.9. The van der Waals surface area contributed by atoms with Crippen molar-refractivity contribution in [3.63, 3.8) is 0 Å². The molecule has 0 radical (unpaired) electrons. The summed E-state index contributed by atoms with van der Waals surface area (Å²) in [4.78, 5) is 4.36. The first-order valence-corrected chi connectivity index (χ1v) is 7.11. The zero-order chi connectivity index (χ0) is 13.0. The summed E-state index contributed by atoms with van der Waals surface area (Å²) < 4.78 is 7.61. The van der Waals surface area contributed by atoms with Crippen molar-refractivity contribution < 1.29 is 4.74 Å². The minimum absolute atomic E-state index is 0.566. The van der Waals surface area contributed by atoms with Crippen LogP contribution in [-0.4, -0.2) is 11.5 Å². The first-order chi connectivity index (χ1) is 8.69. The van der Waals surface area contributed by atoms with Gasteiger partial charge in [-0.05, 0) is 47.1 Å². The van der Waals surface area contributed by atoms with Crippen molar-refractivity contribution in [2.24, 2.45) is 0 Å².